The van der Waals surface area contributed by atoms with E-state index in [1.807, 2.05) is 11.4 Å². The standard InChI is InChI=1S/C23H27N5O7/c1-15(25-20(30)16(2)26-23(33)35-14-17-8-5-4-6-9-17)21(31)27-22(32)28(24-3)19(29)12-11-18-10-7-13-34-18/h4-13,15-16,24H,14H2,1-3H3,(H,25,30)(H,26,33)(H,27,31,32)/b12-11+/t15-,16-/m0/s1. The molecule has 2 aromatic rings. The van der Waals surface area contributed by atoms with Gasteiger partial charge in [0, 0.05) is 13.1 Å². The Balaban J connectivity index is 1.80. The van der Waals surface area contributed by atoms with Crippen molar-refractivity contribution in [1.29, 1.82) is 0 Å². The van der Waals surface area contributed by atoms with Crippen molar-refractivity contribution in [3.05, 3.63) is 66.1 Å². The number of hydrogen-bond donors (Lipinski definition) is 4. The highest BCUT2D eigenvalue weighted by atomic mass is 16.5. The second-order valence-corrected chi connectivity index (χ2v) is 7.20. The van der Waals surface area contributed by atoms with Crippen LogP contribution in [-0.2, 0) is 25.7 Å². The van der Waals surface area contributed by atoms with Crippen LogP contribution in [0.15, 0.2) is 59.2 Å². The smallest absolute Gasteiger partial charge is 0.408 e. The van der Waals surface area contributed by atoms with E-state index in [9.17, 15) is 24.0 Å². The molecular weight excluding hydrogens is 458 g/mol. The van der Waals surface area contributed by atoms with Crippen LogP contribution in [0.4, 0.5) is 9.59 Å². The summed E-state index contributed by atoms with van der Waals surface area (Å²) in [7, 11) is 1.32. The van der Waals surface area contributed by atoms with Crippen LogP contribution in [0.1, 0.15) is 25.2 Å². The molecule has 4 N–H and O–H groups in total. The van der Waals surface area contributed by atoms with Gasteiger partial charge < -0.3 is 19.8 Å². The first-order chi connectivity index (χ1) is 16.7. The number of hydrogen-bond acceptors (Lipinski definition) is 8. The summed E-state index contributed by atoms with van der Waals surface area (Å²) in [6.07, 6.45) is 3.04. The molecule has 2 rings (SSSR count). The largest absolute Gasteiger partial charge is 0.465 e. The fraction of sp³-hybridized carbons (Fsp3) is 0.261. The van der Waals surface area contributed by atoms with Crippen molar-refractivity contribution in [1.82, 2.24) is 26.4 Å². The number of amides is 6. The third-order valence-electron chi connectivity index (χ3n) is 4.50. The second-order valence-electron chi connectivity index (χ2n) is 7.20. The van der Waals surface area contributed by atoms with Gasteiger partial charge in [-0.05, 0) is 37.6 Å². The number of carbonyl (C=O) groups excluding carboxylic acids is 5. The van der Waals surface area contributed by atoms with Gasteiger partial charge in [-0.1, -0.05) is 30.3 Å². The zero-order valence-corrected chi connectivity index (χ0v) is 19.4. The lowest BCUT2D eigenvalue weighted by molar-refractivity contribution is -0.129. The molecule has 0 aliphatic carbocycles. The molecule has 6 amide bonds. The van der Waals surface area contributed by atoms with Crippen molar-refractivity contribution in [2.45, 2.75) is 32.5 Å². The molecular formula is C23H27N5O7. The van der Waals surface area contributed by atoms with Crippen molar-refractivity contribution >= 4 is 35.9 Å². The van der Waals surface area contributed by atoms with Crippen LogP contribution in [0.2, 0.25) is 0 Å². The van der Waals surface area contributed by atoms with E-state index >= 15 is 0 Å². The minimum Gasteiger partial charge on any atom is -0.465 e. The number of hydrazine groups is 1. The highest BCUT2D eigenvalue weighted by Gasteiger charge is 2.25. The van der Waals surface area contributed by atoms with Crippen LogP contribution < -0.4 is 21.4 Å². The van der Waals surface area contributed by atoms with E-state index in [2.05, 4.69) is 16.1 Å². The van der Waals surface area contributed by atoms with Gasteiger partial charge in [-0.25, -0.2) is 15.0 Å². The summed E-state index contributed by atoms with van der Waals surface area (Å²) in [5, 5.41) is 7.30. The molecule has 1 aromatic heterocycles. The van der Waals surface area contributed by atoms with Crippen molar-refractivity contribution in [2.75, 3.05) is 7.05 Å². The van der Waals surface area contributed by atoms with E-state index < -0.39 is 41.9 Å². The van der Waals surface area contributed by atoms with Crippen LogP contribution in [-0.4, -0.2) is 54.0 Å². The molecule has 12 heteroatoms. The predicted octanol–water partition coefficient (Wildman–Crippen LogP) is 1.31. The average Bonchev–Trinajstić information content (AvgIpc) is 3.36. The number of carbonyl (C=O) groups is 5. The van der Waals surface area contributed by atoms with E-state index in [4.69, 9.17) is 9.15 Å². The normalized spacial score (nSPS) is 12.3. The SMILES string of the molecule is CNN(C(=O)/C=C/c1ccco1)C(=O)NC(=O)[C@H](C)NC(=O)[C@H](C)NC(=O)OCc1ccccc1. The maximum Gasteiger partial charge on any atom is 0.408 e. The van der Waals surface area contributed by atoms with Gasteiger partial charge in [0.2, 0.25) is 11.8 Å². The molecule has 0 unspecified atom stereocenters. The molecule has 0 spiro atoms. The summed E-state index contributed by atoms with van der Waals surface area (Å²) in [5.74, 6) is -1.92. The molecule has 0 aliphatic rings. The maximum atomic E-state index is 12.3. The Labute approximate surface area is 201 Å². The van der Waals surface area contributed by atoms with E-state index in [-0.39, 0.29) is 6.61 Å². The van der Waals surface area contributed by atoms with Crippen LogP contribution in [0.3, 0.4) is 0 Å². The summed E-state index contributed by atoms with van der Waals surface area (Å²) in [5.41, 5.74) is 3.15. The van der Waals surface area contributed by atoms with Crippen LogP contribution >= 0.6 is 0 Å². The minimum atomic E-state index is -1.15. The fourth-order valence-corrected chi connectivity index (χ4v) is 2.61. The van der Waals surface area contributed by atoms with Gasteiger partial charge in [0.15, 0.2) is 0 Å². The highest BCUT2D eigenvalue weighted by molar-refractivity contribution is 6.07. The Morgan fingerprint density at radius 2 is 1.66 bits per heavy atom. The predicted molar refractivity (Wildman–Crippen MR) is 124 cm³/mol. The molecule has 1 heterocycles. The highest BCUT2D eigenvalue weighted by Crippen LogP contribution is 2.03. The number of alkyl carbamates (subject to hydrolysis) is 1. The third-order valence-corrected chi connectivity index (χ3v) is 4.50. The van der Waals surface area contributed by atoms with Gasteiger partial charge in [0.05, 0.1) is 6.26 Å². The van der Waals surface area contributed by atoms with Gasteiger partial charge >= 0.3 is 12.1 Å². The Bertz CT molecular complexity index is 1050. The van der Waals surface area contributed by atoms with E-state index in [1.165, 1.54) is 33.2 Å². The van der Waals surface area contributed by atoms with Gasteiger partial charge in [0.1, 0.15) is 24.5 Å². The van der Waals surface area contributed by atoms with Crippen LogP contribution in [0.25, 0.3) is 6.08 Å². The van der Waals surface area contributed by atoms with Gasteiger partial charge in [0.25, 0.3) is 5.91 Å². The lowest BCUT2D eigenvalue weighted by Gasteiger charge is -2.20. The molecule has 0 aliphatic heterocycles. The van der Waals surface area contributed by atoms with E-state index in [0.29, 0.717) is 10.8 Å². The Morgan fingerprint density at radius 3 is 2.29 bits per heavy atom. The number of ether oxygens (including phenoxy) is 1. The van der Waals surface area contributed by atoms with Gasteiger partial charge in [-0.3, -0.25) is 19.7 Å². The Morgan fingerprint density at radius 1 is 0.971 bits per heavy atom. The number of imide groups is 2. The average molecular weight is 485 g/mol. The van der Waals surface area contributed by atoms with Crippen LogP contribution in [0, 0.1) is 0 Å². The zero-order valence-electron chi connectivity index (χ0n) is 19.4. The van der Waals surface area contributed by atoms with Crippen molar-refractivity contribution in [3.8, 4) is 0 Å². The van der Waals surface area contributed by atoms with Crippen LogP contribution in [0.5, 0.6) is 0 Å². The number of urea groups is 1. The third kappa shape index (κ3) is 8.78. The first-order valence-electron chi connectivity index (χ1n) is 10.6. The first kappa shape index (κ1) is 26.8. The van der Waals surface area contributed by atoms with Gasteiger partial charge in [-0.15, -0.1) is 0 Å². The molecule has 1 aromatic carbocycles. The van der Waals surface area contributed by atoms with Crippen molar-refractivity contribution in [3.63, 3.8) is 0 Å². The molecule has 2 atom stereocenters. The maximum absolute atomic E-state index is 12.3. The number of furan rings is 1. The second kappa shape index (κ2) is 13.3. The minimum absolute atomic E-state index is 0.0271. The number of nitrogens with one attached hydrogen (secondary N) is 4. The first-order valence-corrected chi connectivity index (χ1v) is 10.6. The quantitative estimate of drug-likeness (QED) is 0.306. The summed E-state index contributed by atoms with van der Waals surface area (Å²) in [6, 6.07) is 9.01. The Hall–Kier alpha value is -4.45. The molecule has 0 saturated carbocycles. The summed E-state index contributed by atoms with van der Waals surface area (Å²) in [4.78, 5) is 61.1. The lowest BCUT2D eigenvalue weighted by Crippen LogP contribution is -2.56. The monoisotopic (exact) mass is 485 g/mol. The lowest BCUT2D eigenvalue weighted by atomic mass is 10.2. The Kier molecular flexibility index (Phi) is 10.2. The van der Waals surface area contributed by atoms with E-state index in [0.717, 1.165) is 11.6 Å². The fourth-order valence-electron chi connectivity index (χ4n) is 2.61. The molecule has 35 heavy (non-hydrogen) atoms. The number of benzene rings is 1. The molecule has 0 radical (unpaired) electrons. The summed E-state index contributed by atoms with van der Waals surface area (Å²) < 4.78 is 10.1. The molecule has 0 fully saturated rings. The van der Waals surface area contributed by atoms with Crippen molar-refractivity contribution < 1.29 is 33.1 Å². The number of rotatable bonds is 9. The summed E-state index contributed by atoms with van der Waals surface area (Å²) >= 11 is 0. The van der Waals surface area contributed by atoms with E-state index in [1.54, 1.807) is 36.4 Å². The molecule has 186 valence electrons. The summed E-state index contributed by atoms with van der Waals surface area (Å²) in [6.45, 7) is 2.77. The molecule has 0 bridgehead atoms. The number of nitrogens with zero attached hydrogens (tertiary/aromatic N) is 1. The van der Waals surface area contributed by atoms with Crippen molar-refractivity contribution in [2.24, 2.45) is 0 Å². The van der Waals surface area contributed by atoms with Gasteiger partial charge in [-0.2, -0.15) is 5.01 Å². The zero-order chi connectivity index (χ0) is 25.8. The topological polar surface area (TPSA) is 159 Å². The molecule has 12 nitrogen and oxygen atoms in total. The molecule has 0 saturated heterocycles.